The highest BCUT2D eigenvalue weighted by Crippen LogP contribution is 2.17. The van der Waals surface area contributed by atoms with Crippen LogP contribution in [0.15, 0.2) is 18.2 Å². The number of hydrogen-bond acceptors (Lipinski definition) is 2. The molecule has 0 bridgehead atoms. The van der Waals surface area contributed by atoms with E-state index in [9.17, 15) is 4.79 Å². The highest BCUT2D eigenvalue weighted by molar-refractivity contribution is 6.00. The van der Waals surface area contributed by atoms with Crippen molar-refractivity contribution >= 4 is 11.6 Å². The second-order valence-corrected chi connectivity index (χ2v) is 6.02. The summed E-state index contributed by atoms with van der Waals surface area (Å²) in [6.07, 6.45) is 3.55. The molecule has 3 nitrogen and oxygen atoms in total. The molecule has 0 N–H and O–H groups in total. The number of aryl methyl sites for hydroxylation is 2. The Hall–Kier alpha value is -1.64. The quantitative estimate of drug-likeness (QED) is 0.630. The predicted octanol–water partition coefficient (Wildman–Crippen LogP) is 3.03. The van der Waals surface area contributed by atoms with Crippen molar-refractivity contribution in [1.82, 2.24) is 4.90 Å². The number of ketones is 1. The molecule has 21 heavy (non-hydrogen) atoms. The third-order valence-corrected chi connectivity index (χ3v) is 4.43. The molecular formula is C18H27N2O+. The second kappa shape index (κ2) is 6.42. The minimum Gasteiger partial charge on any atom is -0.290 e. The molecule has 0 fully saturated rings. The highest BCUT2D eigenvalue weighted by atomic mass is 16.1. The molecule has 3 rings (SSSR count). The summed E-state index contributed by atoms with van der Waals surface area (Å²) in [5.41, 5.74) is 3.19. The van der Waals surface area contributed by atoms with Crippen LogP contribution in [-0.2, 0) is 0 Å². The summed E-state index contributed by atoms with van der Waals surface area (Å²) < 4.78 is 2.46. The first-order valence-corrected chi connectivity index (χ1v) is 7.61. The van der Waals surface area contributed by atoms with E-state index in [0.29, 0.717) is 6.54 Å². The van der Waals surface area contributed by atoms with E-state index in [4.69, 9.17) is 0 Å². The van der Waals surface area contributed by atoms with Crippen molar-refractivity contribution in [3.8, 4) is 0 Å². The number of benzene rings is 1. The molecule has 0 atom stereocenters. The number of hydrogen-bond donors (Lipinski definition) is 0. The zero-order valence-electron chi connectivity index (χ0n) is 12.5. The second-order valence-electron chi connectivity index (χ2n) is 6.02. The van der Waals surface area contributed by atoms with Crippen LogP contribution in [0.25, 0.3) is 0 Å². The molecule has 114 valence electrons. The van der Waals surface area contributed by atoms with E-state index >= 15 is 0 Å². The van der Waals surface area contributed by atoms with E-state index in [2.05, 4.69) is 22.5 Å². The molecule has 2 heterocycles. The van der Waals surface area contributed by atoms with Gasteiger partial charge in [0.15, 0.2) is 0 Å². The number of Topliss-reactive ketones (excluding diaryl/α,β-unsaturated/α-hetero) is 1. The fourth-order valence-corrected chi connectivity index (χ4v) is 3.45. The van der Waals surface area contributed by atoms with E-state index in [1.54, 1.807) is 0 Å². The van der Waals surface area contributed by atoms with Crippen molar-refractivity contribution in [2.45, 2.75) is 40.5 Å². The molecule has 0 radical (unpaired) electrons. The lowest BCUT2D eigenvalue weighted by atomic mass is 10.0. The molecule has 0 amide bonds. The smallest absolute Gasteiger partial charge is 0.247 e. The number of amidine groups is 1. The zero-order chi connectivity index (χ0) is 14.1. The summed E-state index contributed by atoms with van der Waals surface area (Å²) in [5.74, 6) is 1.65. The van der Waals surface area contributed by atoms with Gasteiger partial charge in [-0.25, -0.2) is 0 Å². The fraction of sp³-hybridized carbons (Fsp3) is 0.556. The van der Waals surface area contributed by atoms with Gasteiger partial charge in [-0.3, -0.25) is 14.3 Å². The van der Waals surface area contributed by atoms with Gasteiger partial charge in [-0.15, -0.1) is 0 Å². The van der Waals surface area contributed by atoms with Gasteiger partial charge in [0, 0.05) is 12.0 Å². The maximum Gasteiger partial charge on any atom is 0.247 e. The first kappa shape index (κ1) is 15.7. The van der Waals surface area contributed by atoms with Crippen LogP contribution < -0.4 is 0 Å². The van der Waals surface area contributed by atoms with Crippen molar-refractivity contribution < 1.29 is 9.37 Å². The molecule has 3 heteroatoms. The molecule has 0 unspecified atom stereocenters. The summed E-state index contributed by atoms with van der Waals surface area (Å²) >= 11 is 0. The van der Waals surface area contributed by atoms with Crippen LogP contribution in [0.1, 0.15) is 48.2 Å². The van der Waals surface area contributed by atoms with Crippen molar-refractivity contribution in [3.63, 3.8) is 0 Å². The van der Waals surface area contributed by atoms with Gasteiger partial charge in [0.2, 0.25) is 11.6 Å². The van der Waals surface area contributed by atoms with Crippen LogP contribution in [0.5, 0.6) is 0 Å². The third kappa shape index (κ3) is 3.17. The molecule has 0 aliphatic carbocycles. The lowest BCUT2D eigenvalue weighted by molar-refractivity contribution is -0.529. The normalized spacial score (nSPS) is 17.5. The zero-order valence-corrected chi connectivity index (χ0v) is 12.5. The minimum absolute atomic E-state index is 0. The van der Waals surface area contributed by atoms with Gasteiger partial charge >= 0.3 is 0 Å². The average Bonchev–Trinajstić information content (AvgIpc) is 2.87. The maximum absolute atomic E-state index is 12.6. The summed E-state index contributed by atoms with van der Waals surface area (Å²) in [6.45, 7) is 8.01. The van der Waals surface area contributed by atoms with Gasteiger partial charge in [0.05, 0.1) is 26.1 Å². The van der Waals surface area contributed by atoms with Crippen LogP contribution in [0.3, 0.4) is 0 Å². The molecule has 1 aromatic carbocycles. The standard InChI is InChI=1S/C17H23N2O.CH4/c1-13-6-7-15(14(2)11-13)16(20)12-19-10-4-9-18-8-3-5-17(18)19;/h6-7,11H,3-5,8-10,12H2,1-2H3;1H4/q+1;. The molecule has 0 saturated heterocycles. The SMILES string of the molecule is C.Cc1ccc(C(=O)CN2CCC[N+]3=C2CCC3)c(C)c1. The minimum atomic E-state index is 0. The molecule has 0 spiro atoms. The Balaban J connectivity index is 0.00000161. The van der Waals surface area contributed by atoms with Crippen LogP contribution in [0.4, 0.5) is 0 Å². The van der Waals surface area contributed by atoms with Crippen LogP contribution in [0.2, 0.25) is 0 Å². The van der Waals surface area contributed by atoms with Gasteiger partial charge in [-0.1, -0.05) is 31.2 Å². The Morgan fingerprint density at radius 3 is 2.76 bits per heavy atom. The first-order chi connectivity index (χ1) is 9.65. The summed E-state index contributed by atoms with van der Waals surface area (Å²) in [4.78, 5) is 14.9. The predicted molar refractivity (Wildman–Crippen MR) is 87.4 cm³/mol. The highest BCUT2D eigenvalue weighted by Gasteiger charge is 2.32. The summed E-state index contributed by atoms with van der Waals surface area (Å²) in [7, 11) is 0. The summed E-state index contributed by atoms with van der Waals surface area (Å²) in [5, 5.41) is 0. The van der Waals surface area contributed by atoms with E-state index in [-0.39, 0.29) is 13.2 Å². The average molecular weight is 287 g/mol. The molecule has 0 aromatic heterocycles. The number of rotatable bonds is 3. The topological polar surface area (TPSA) is 23.3 Å². The Morgan fingerprint density at radius 2 is 2.00 bits per heavy atom. The van der Waals surface area contributed by atoms with E-state index in [0.717, 1.165) is 24.1 Å². The van der Waals surface area contributed by atoms with Gasteiger partial charge in [0.1, 0.15) is 6.54 Å². The molecule has 2 aliphatic rings. The lowest BCUT2D eigenvalue weighted by Gasteiger charge is -2.23. The van der Waals surface area contributed by atoms with E-state index in [1.807, 2.05) is 19.1 Å². The van der Waals surface area contributed by atoms with Crippen LogP contribution in [0, 0.1) is 13.8 Å². The van der Waals surface area contributed by atoms with Crippen molar-refractivity contribution in [3.05, 3.63) is 34.9 Å². The molecule has 2 aliphatic heterocycles. The Bertz CT molecular complexity index is 575. The Labute approximate surface area is 128 Å². The molecule has 0 saturated carbocycles. The Kier molecular flexibility index (Phi) is 4.81. The van der Waals surface area contributed by atoms with Gasteiger partial charge in [0.25, 0.3) is 0 Å². The third-order valence-electron chi connectivity index (χ3n) is 4.43. The maximum atomic E-state index is 12.6. The van der Waals surface area contributed by atoms with Crippen molar-refractivity contribution in [1.29, 1.82) is 0 Å². The van der Waals surface area contributed by atoms with Crippen LogP contribution >= 0.6 is 0 Å². The van der Waals surface area contributed by atoms with Crippen LogP contribution in [-0.4, -0.2) is 47.3 Å². The van der Waals surface area contributed by atoms with Crippen molar-refractivity contribution in [2.24, 2.45) is 0 Å². The van der Waals surface area contributed by atoms with Crippen molar-refractivity contribution in [2.75, 3.05) is 26.2 Å². The molecular weight excluding hydrogens is 260 g/mol. The number of carbonyl (C=O) groups excluding carboxylic acids is 1. The fourth-order valence-electron chi connectivity index (χ4n) is 3.45. The number of nitrogens with zero attached hydrogens (tertiary/aromatic N) is 2. The van der Waals surface area contributed by atoms with E-state index in [1.165, 1.54) is 37.3 Å². The first-order valence-electron chi connectivity index (χ1n) is 7.61. The Morgan fingerprint density at radius 1 is 1.24 bits per heavy atom. The monoisotopic (exact) mass is 287 g/mol. The molecule has 1 aromatic rings. The summed E-state index contributed by atoms with van der Waals surface area (Å²) in [6, 6.07) is 6.11. The van der Waals surface area contributed by atoms with Gasteiger partial charge < -0.3 is 0 Å². The van der Waals surface area contributed by atoms with Gasteiger partial charge in [-0.05, 0) is 25.8 Å². The lowest BCUT2D eigenvalue weighted by Crippen LogP contribution is -2.44. The largest absolute Gasteiger partial charge is 0.290 e. The van der Waals surface area contributed by atoms with E-state index < -0.39 is 0 Å². The van der Waals surface area contributed by atoms with Gasteiger partial charge in [-0.2, -0.15) is 0 Å². The number of carbonyl (C=O) groups is 1.